The number of rotatable bonds is 4. The third-order valence-electron chi connectivity index (χ3n) is 3.50. The first-order chi connectivity index (χ1) is 11.5. The fourth-order valence-electron chi connectivity index (χ4n) is 2.39. The van der Waals surface area contributed by atoms with Gasteiger partial charge >= 0.3 is 0 Å². The van der Waals surface area contributed by atoms with Crippen molar-refractivity contribution in [3.63, 3.8) is 0 Å². The summed E-state index contributed by atoms with van der Waals surface area (Å²) in [5.74, 6) is -1.70. The average Bonchev–Trinajstić information content (AvgIpc) is 2.81. The normalized spacial score (nSPS) is 17.2. The molecule has 0 aliphatic carbocycles. The predicted molar refractivity (Wildman–Crippen MR) is 89.8 cm³/mol. The van der Waals surface area contributed by atoms with Gasteiger partial charge in [0.05, 0.1) is 11.7 Å². The Morgan fingerprint density at radius 3 is 2.62 bits per heavy atom. The summed E-state index contributed by atoms with van der Waals surface area (Å²) in [6.45, 7) is 1.88. The van der Waals surface area contributed by atoms with Crippen molar-refractivity contribution in [2.24, 2.45) is 0 Å². The highest BCUT2D eigenvalue weighted by molar-refractivity contribution is 8.16. The van der Waals surface area contributed by atoms with Gasteiger partial charge < -0.3 is 15.2 Å². The number of carboxylic acid groups (broad SMARTS) is 1. The zero-order valence-corrected chi connectivity index (χ0v) is 13.5. The Morgan fingerprint density at radius 2 is 1.92 bits per heavy atom. The van der Waals surface area contributed by atoms with Crippen molar-refractivity contribution in [2.45, 2.75) is 12.3 Å². The quantitative estimate of drug-likeness (QED) is 0.915. The number of hydrogen-bond acceptors (Lipinski definition) is 6. The average molecular weight is 341 g/mol. The molecular formula is C17H13N2O4S-. The van der Waals surface area contributed by atoms with Crippen molar-refractivity contribution < 1.29 is 19.5 Å². The number of carboxylic acids is 1. The molecule has 1 aliphatic rings. The number of aromatic carboxylic acids is 1. The van der Waals surface area contributed by atoms with E-state index >= 15 is 0 Å². The summed E-state index contributed by atoms with van der Waals surface area (Å²) >= 11 is 0.855. The van der Waals surface area contributed by atoms with Gasteiger partial charge in [-0.3, -0.25) is 9.59 Å². The zero-order valence-electron chi connectivity index (χ0n) is 12.7. The molecule has 7 heteroatoms. The van der Waals surface area contributed by atoms with E-state index in [1.165, 1.54) is 18.2 Å². The highest BCUT2D eigenvalue weighted by Crippen LogP contribution is 2.32. The molecule has 1 N–H and O–H groups in total. The number of nitrogens with one attached hydrogen (secondary N) is 1. The zero-order chi connectivity index (χ0) is 17.3. The van der Waals surface area contributed by atoms with E-state index in [1.807, 2.05) is 13.0 Å². The minimum atomic E-state index is -1.30. The van der Waals surface area contributed by atoms with E-state index in [1.54, 1.807) is 24.3 Å². The van der Waals surface area contributed by atoms with Gasteiger partial charge in [-0.25, -0.2) is 4.90 Å². The summed E-state index contributed by atoms with van der Waals surface area (Å²) in [6.07, 6.45) is 0. The van der Waals surface area contributed by atoms with Crippen LogP contribution < -0.4 is 15.3 Å². The third-order valence-corrected chi connectivity index (χ3v) is 4.44. The molecule has 24 heavy (non-hydrogen) atoms. The smallest absolute Gasteiger partial charge is 0.295 e. The van der Waals surface area contributed by atoms with E-state index in [0.717, 1.165) is 22.2 Å². The van der Waals surface area contributed by atoms with Gasteiger partial charge in [0.25, 0.3) is 11.1 Å². The van der Waals surface area contributed by atoms with Crippen LogP contribution in [-0.2, 0) is 4.79 Å². The van der Waals surface area contributed by atoms with Crippen LogP contribution in [0.1, 0.15) is 15.9 Å². The second kappa shape index (κ2) is 6.37. The van der Waals surface area contributed by atoms with Gasteiger partial charge in [0.1, 0.15) is 0 Å². The monoisotopic (exact) mass is 341 g/mol. The molecule has 1 atom stereocenters. The lowest BCUT2D eigenvalue weighted by molar-refractivity contribution is -0.255. The Morgan fingerprint density at radius 1 is 1.17 bits per heavy atom. The fourth-order valence-corrected chi connectivity index (χ4v) is 3.29. The Kier molecular flexibility index (Phi) is 4.26. The maximum absolute atomic E-state index is 12.5. The van der Waals surface area contributed by atoms with E-state index in [-0.39, 0.29) is 10.8 Å². The molecule has 1 unspecified atom stereocenters. The number of thioether (sulfide) groups is 1. The highest BCUT2D eigenvalue weighted by Gasteiger charge is 2.40. The van der Waals surface area contributed by atoms with Gasteiger partial charge in [-0.15, -0.1) is 0 Å². The van der Waals surface area contributed by atoms with Crippen molar-refractivity contribution in [3.8, 4) is 0 Å². The molecule has 0 aromatic heterocycles. The first-order valence-corrected chi connectivity index (χ1v) is 8.03. The highest BCUT2D eigenvalue weighted by atomic mass is 32.2. The van der Waals surface area contributed by atoms with Gasteiger partial charge in [0.15, 0.2) is 5.37 Å². The van der Waals surface area contributed by atoms with Crippen LogP contribution >= 0.6 is 11.8 Å². The van der Waals surface area contributed by atoms with Crippen LogP contribution in [0.15, 0.2) is 48.5 Å². The number of imide groups is 1. The van der Waals surface area contributed by atoms with Crippen molar-refractivity contribution in [1.29, 1.82) is 0 Å². The number of benzene rings is 2. The summed E-state index contributed by atoms with van der Waals surface area (Å²) in [6, 6.07) is 13.0. The topological polar surface area (TPSA) is 89.5 Å². The maximum Gasteiger partial charge on any atom is 0.295 e. The van der Waals surface area contributed by atoms with Crippen molar-refractivity contribution in [3.05, 3.63) is 59.7 Å². The van der Waals surface area contributed by atoms with Gasteiger partial charge in [-0.2, -0.15) is 0 Å². The molecule has 1 saturated heterocycles. The molecular weight excluding hydrogens is 328 g/mol. The summed E-state index contributed by atoms with van der Waals surface area (Å²) < 4.78 is 0. The Labute approximate surface area is 142 Å². The number of nitrogens with zero attached hydrogens (tertiary/aromatic N) is 1. The van der Waals surface area contributed by atoms with Crippen molar-refractivity contribution in [2.75, 3.05) is 10.2 Å². The molecule has 0 bridgehead atoms. The summed E-state index contributed by atoms with van der Waals surface area (Å²) in [7, 11) is 0. The lowest BCUT2D eigenvalue weighted by Gasteiger charge is -2.15. The maximum atomic E-state index is 12.5. The van der Waals surface area contributed by atoms with Gasteiger partial charge in [-0.05, 0) is 54.1 Å². The van der Waals surface area contributed by atoms with E-state index in [2.05, 4.69) is 5.32 Å². The van der Waals surface area contributed by atoms with Crippen LogP contribution in [0.3, 0.4) is 0 Å². The number of aryl methyl sites for hydroxylation is 1. The van der Waals surface area contributed by atoms with E-state index in [0.29, 0.717) is 11.4 Å². The standard InChI is InChI=1S/C17H14N2O4S/c1-10-4-2-7-13(8-10)19-15(20)14(24-17(19)23)18-12-6-3-5-11(9-12)16(21)22/h2-9,14,18H,1H3,(H,21,22)/p-1. The van der Waals surface area contributed by atoms with Crippen LogP contribution in [0.4, 0.5) is 16.2 Å². The molecule has 1 aliphatic heterocycles. The molecule has 2 aromatic carbocycles. The molecule has 2 aromatic rings. The van der Waals surface area contributed by atoms with E-state index in [9.17, 15) is 19.5 Å². The van der Waals surface area contributed by atoms with Gasteiger partial charge in [0, 0.05) is 5.69 Å². The lowest BCUT2D eigenvalue weighted by Crippen LogP contribution is -2.34. The number of carbonyl (C=O) groups excluding carboxylic acids is 3. The molecule has 0 saturated carbocycles. The molecule has 1 heterocycles. The molecule has 1 fully saturated rings. The van der Waals surface area contributed by atoms with Gasteiger partial charge in [-0.1, -0.05) is 24.3 Å². The minimum absolute atomic E-state index is 0.00249. The molecule has 122 valence electrons. The molecule has 3 rings (SSSR count). The first-order valence-electron chi connectivity index (χ1n) is 7.15. The number of carbonyl (C=O) groups is 3. The van der Waals surface area contributed by atoms with Crippen LogP contribution in [-0.4, -0.2) is 22.5 Å². The number of anilines is 2. The van der Waals surface area contributed by atoms with E-state index in [4.69, 9.17) is 0 Å². The van der Waals surface area contributed by atoms with Gasteiger partial charge in [0.2, 0.25) is 0 Å². The molecule has 2 amide bonds. The Hall–Kier alpha value is -2.80. The lowest BCUT2D eigenvalue weighted by atomic mass is 10.2. The molecule has 0 radical (unpaired) electrons. The molecule has 6 nitrogen and oxygen atoms in total. The van der Waals surface area contributed by atoms with Crippen LogP contribution in [0, 0.1) is 6.92 Å². The SMILES string of the molecule is Cc1cccc(N2C(=O)SC(Nc3cccc(C(=O)[O-])c3)C2=O)c1. The number of hydrogen-bond donors (Lipinski definition) is 1. The summed E-state index contributed by atoms with van der Waals surface area (Å²) in [5, 5.41) is 12.6. The predicted octanol–water partition coefficient (Wildman–Crippen LogP) is 2.00. The van der Waals surface area contributed by atoms with Crippen LogP contribution in [0.25, 0.3) is 0 Å². The Balaban J connectivity index is 1.82. The molecule has 0 spiro atoms. The fraction of sp³-hybridized carbons (Fsp3) is 0.118. The second-order valence-corrected chi connectivity index (χ2v) is 6.35. The Bertz CT molecular complexity index is 837. The van der Waals surface area contributed by atoms with Crippen LogP contribution in [0.2, 0.25) is 0 Å². The van der Waals surface area contributed by atoms with Crippen LogP contribution in [0.5, 0.6) is 0 Å². The largest absolute Gasteiger partial charge is 0.545 e. The summed E-state index contributed by atoms with van der Waals surface area (Å²) in [4.78, 5) is 36.8. The van der Waals surface area contributed by atoms with E-state index < -0.39 is 17.3 Å². The number of amides is 2. The third kappa shape index (κ3) is 3.11. The van der Waals surface area contributed by atoms with Crippen molar-refractivity contribution >= 4 is 40.3 Å². The first kappa shape index (κ1) is 16.1. The second-order valence-electron chi connectivity index (χ2n) is 5.29. The minimum Gasteiger partial charge on any atom is -0.545 e. The van der Waals surface area contributed by atoms with Crippen molar-refractivity contribution in [1.82, 2.24) is 0 Å². The summed E-state index contributed by atoms with van der Waals surface area (Å²) in [5.41, 5.74) is 1.89.